The van der Waals surface area contributed by atoms with Crippen LogP contribution in [0, 0.1) is 5.92 Å². The SMILES string of the molecule is CC(C(=O)O)N(Cc1ccccc1)C(=O)c1ccc(NC(=O)C2CC2)cc1. The number of nitrogens with one attached hydrogen (secondary N) is 1. The molecule has 6 heteroatoms. The zero-order valence-electron chi connectivity index (χ0n) is 15.1. The molecule has 0 spiro atoms. The molecular formula is C21H22N2O4. The van der Waals surface area contributed by atoms with Gasteiger partial charge in [0.1, 0.15) is 6.04 Å². The van der Waals surface area contributed by atoms with E-state index in [4.69, 9.17) is 0 Å². The number of hydrogen-bond donors (Lipinski definition) is 2. The summed E-state index contributed by atoms with van der Waals surface area (Å²) in [4.78, 5) is 37.5. The molecule has 3 rings (SSSR count). The van der Waals surface area contributed by atoms with E-state index in [1.54, 1.807) is 24.3 Å². The van der Waals surface area contributed by atoms with Gasteiger partial charge in [-0.15, -0.1) is 0 Å². The number of anilines is 1. The van der Waals surface area contributed by atoms with Crippen molar-refractivity contribution < 1.29 is 19.5 Å². The summed E-state index contributed by atoms with van der Waals surface area (Å²) < 4.78 is 0. The maximum absolute atomic E-state index is 12.9. The minimum Gasteiger partial charge on any atom is -0.480 e. The van der Waals surface area contributed by atoms with E-state index in [-0.39, 0.29) is 24.3 Å². The van der Waals surface area contributed by atoms with Gasteiger partial charge in [0.2, 0.25) is 5.91 Å². The topological polar surface area (TPSA) is 86.7 Å². The Kier molecular flexibility index (Phi) is 5.54. The molecule has 140 valence electrons. The van der Waals surface area contributed by atoms with Crippen LogP contribution < -0.4 is 5.32 Å². The highest BCUT2D eigenvalue weighted by atomic mass is 16.4. The van der Waals surface area contributed by atoms with Crippen LogP contribution in [0.2, 0.25) is 0 Å². The van der Waals surface area contributed by atoms with E-state index >= 15 is 0 Å². The summed E-state index contributed by atoms with van der Waals surface area (Å²) in [6.45, 7) is 1.70. The monoisotopic (exact) mass is 366 g/mol. The molecule has 2 aromatic rings. The van der Waals surface area contributed by atoms with Crippen LogP contribution in [0.25, 0.3) is 0 Å². The molecule has 2 aromatic carbocycles. The largest absolute Gasteiger partial charge is 0.480 e. The van der Waals surface area contributed by atoms with Crippen LogP contribution in [0.3, 0.4) is 0 Å². The fourth-order valence-corrected chi connectivity index (χ4v) is 2.75. The smallest absolute Gasteiger partial charge is 0.326 e. The minimum atomic E-state index is -1.06. The molecule has 0 aliphatic heterocycles. The van der Waals surface area contributed by atoms with Crippen molar-refractivity contribution in [3.8, 4) is 0 Å². The summed E-state index contributed by atoms with van der Waals surface area (Å²) >= 11 is 0. The maximum atomic E-state index is 12.9. The van der Waals surface area contributed by atoms with E-state index in [1.165, 1.54) is 11.8 Å². The fraction of sp³-hybridized carbons (Fsp3) is 0.286. The van der Waals surface area contributed by atoms with Gasteiger partial charge < -0.3 is 15.3 Å². The molecule has 27 heavy (non-hydrogen) atoms. The van der Waals surface area contributed by atoms with E-state index in [9.17, 15) is 19.5 Å². The van der Waals surface area contributed by atoms with E-state index in [0.29, 0.717) is 11.3 Å². The summed E-state index contributed by atoms with van der Waals surface area (Å²) in [5.74, 6) is -1.33. The lowest BCUT2D eigenvalue weighted by molar-refractivity contribution is -0.141. The first-order valence-electron chi connectivity index (χ1n) is 8.94. The average molecular weight is 366 g/mol. The second kappa shape index (κ2) is 8.03. The number of rotatable bonds is 7. The molecule has 0 aromatic heterocycles. The number of carbonyl (C=O) groups is 3. The van der Waals surface area contributed by atoms with E-state index in [2.05, 4.69) is 5.32 Å². The Hall–Kier alpha value is -3.15. The third kappa shape index (κ3) is 4.73. The number of benzene rings is 2. The van der Waals surface area contributed by atoms with Crippen LogP contribution in [-0.4, -0.2) is 33.8 Å². The van der Waals surface area contributed by atoms with Gasteiger partial charge in [0.25, 0.3) is 5.91 Å². The number of carboxylic acid groups (broad SMARTS) is 1. The third-order valence-electron chi connectivity index (χ3n) is 4.63. The van der Waals surface area contributed by atoms with Gasteiger partial charge in [-0.1, -0.05) is 30.3 Å². The minimum absolute atomic E-state index is 0.000667. The standard InChI is InChI=1S/C21H22N2O4/c1-14(21(26)27)23(13-15-5-3-2-4-6-15)20(25)17-9-11-18(12-10-17)22-19(24)16-7-8-16/h2-6,9-12,14,16H,7-8,13H2,1H3,(H,22,24)(H,26,27). The van der Waals surface area contributed by atoms with Crippen molar-refractivity contribution in [2.24, 2.45) is 5.92 Å². The van der Waals surface area contributed by atoms with Crippen molar-refractivity contribution in [3.63, 3.8) is 0 Å². The van der Waals surface area contributed by atoms with Crippen molar-refractivity contribution in [2.45, 2.75) is 32.4 Å². The molecule has 1 aliphatic rings. The van der Waals surface area contributed by atoms with Gasteiger partial charge in [0, 0.05) is 23.7 Å². The number of carbonyl (C=O) groups excluding carboxylic acids is 2. The Morgan fingerprint density at radius 3 is 2.26 bits per heavy atom. The number of amides is 2. The lowest BCUT2D eigenvalue weighted by atomic mass is 10.1. The first-order chi connectivity index (χ1) is 13.0. The van der Waals surface area contributed by atoms with Crippen molar-refractivity contribution in [1.82, 2.24) is 4.90 Å². The summed E-state index contributed by atoms with van der Waals surface area (Å²) in [5.41, 5.74) is 1.86. The van der Waals surface area contributed by atoms with Crippen LogP contribution in [0.1, 0.15) is 35.7 Å². The summed E-state index contributed by atoms with van der Waals surface area (Å²) in [7, 11) is 0. The van der Waals surface area contributed by atoms with Crippen LogP contribution in [0.5, 0.6) is 0 Å². The molecule has 0 bridgehead atoms. The van der Waals surface area contributed by atoms with Gasteiger partial charge in [0.05, 0.1) is 0 Å². The predicted octanol–water partition coefficient (Wildman–Crippen LogP) is 3.15. The third-order valence-corrected chi connectivity index (χ3v) is 4.63. The first-order valence-corrected chi connectivity index (χ1v) is 8.94. The molecule has 1 saturated carbocycles. The van der Waals surface area contributed by atoms with Crippen LogP contribution >= 0.6 is 0 Å². The number of carboxylic acids is 1. The van der Waals surface area contributed by atoms with Gasteiger partial charge in [-0.25, -0.2) is 4.79 Å². The Morgan fingerprint density at radius 2 is 1.70 bits per heavy atom. The maximum Gasteiger partial charge on any atom is 0.326 e. The van der Waals surface area contributed by atoms with Crippen molar-refractivity contribution in [3.05, 3.63) is 65.7 Å². The highest BCUT2D eigenvalue weighted by Gasteiger charge is 2.30. The van der Waals surface area contributed by atoms with E-state index in [1.807, 2.05) is 30.3 Å². The lowest BCUT2D eigenvalue weighted by Gasteiger charge is -2.27. The lowest BCUT2D eigenvalue weighted by Crippen LogP contribution is -2.42. The van der Waals surface area contributed by atoms with Gasteiger partial charge in [0.15, 0.2) is 0 Å². The number of aliphatic carboxylic acids is 1. The molecule has 1 atom stereocenters. The van der Waals surface area contributed by atoms with Crippen molar-refractivity contribution in [2.75, 3.05) is 5.32 Å². The molecule has 6 nitrogen and oxygen atoms in total. The van der Waals surface area contributed by atoms with Gasteiger partial charge in [-0.2, -0.15) is 0 Å². The Morgan fingerprint density at radius 1 is 1.07 bits per heavy atom. The van der Waals surface area contributed by atoms with E-state index < -0.39 is 12.0 Å². The zero-order valence-corrected chi connectivity index (χ0v) is 15.1. The summed E-state index contributed by atoms with van der Waals surface area (Å²) in [6, 6.07) is 14.9. The number of nitrogens with zero attached hydrogens (tertiary/aromatic N) is 1. The average Bonchev–Trinajstić information content (AvgIpc) is 3.52. The molecule has 2 amide bonds. The summed E-state index contributed by atoms with van der Waals surface area (Å²) in [5, 5.41) is 12.2. The first kappa shape index (κ1) is 18.6. The van der Waals surface area contributed by atoms with Gasteiger partial charge in [-0.3, -0.25) is 9.59 Å². The molecule has 2 N–H and O–H groups in total. The highest BCUT2D eigenvalue weighted by Crippen LogP contribution is 2.30. The Bertz CT molecular complexity index is 829. The van der Waals surface area contributed by atoms with E-state index in [0.717, 1.165) is 18.4 Å². The van der Waals surface area contributed by atoms with Crippen LogP contribution in [0.4, 0.5) is 5.69 Å². The molecule has 1 aliphatic carbocycles. The fourth-order valence-electron chi connectivity index (χ4n) is 2.75. The molecule has 0 saturated heterocycles. The molecular weight excluding hydrogens is 344 g/mol. The molecule has 0 heterocycles. The predicted molar refractivity (Wildman–Crippen MR) is 101 cm³/mol. The highest BCUT2D eigenvalue weighted by molar-refractivity contribution is 5.98. The van der Waals surface area contributed by atoms with Gasteiger partial charge in [-0.05, 0) is 49.6 Å². The Labute approximate surface area is 157 Å². The molecule has 1 unspecified atom stereocenters. The van der Waals surface area contributed by atoms with Crippen LogP contribution in [-0.2, 0) is 16.1 Å². The van der Waals surface area contributed by atoms with Gasteiger partial charge >= 0.3 is 5.97 Å². The number of hydrogen-bond acceptors (Lipinski definition) is 3. The van der Waals surface area contributed by atoms with Crippen molar-refractivity contribution >= 4 is 23.5 Å². The Balaban J connectivity index is 1.76. The molecule has 1 fully saturated rings. The summed E-state index contributed by atoms with van der Waals surface area (Å²) in [6.07, 6.45) is 1.84. The normalized spacial score (nSPS) is 14.3. The quantitative estimate of drug-likeness (QED) is 0.788. The van der Waals surface area contributed by atoms with Crippen molar-refractivity contribution in [1.29, 1.82) is 0 Å². The second-order valence-electron chi connectivity index (χ2n) is 6.77. The molecule has 0 radical (unpaired) electrons. The second-order valence-corrected chi connectivity index (χ2v) is 6.77. The zero-order chi connectivity index (χ0) is 19.4. The van der Waals surface area contributed by atoms with Crippen LogP contribution in [0.15, 0.2) is 54.6 Å².